The van der Waals surface area contributed by atoms with Crippen LogP contribution in [0.1, 0.15) is 52.4 Å². The highest BCUT2D eigenvalue weighted by Gasteiger charge is 2.38. The lowest BCUT2D eigenvalue weighted by atomic mass is 9.80. The van der Waals surface area contributed by atoms with Gasteiger partial charge in [0.05, 0.1) is 19.8 Å². The molecule has 2 rings (SSSR count). The second-order valence-corrected chi connectivity index (χ2v) is 7.06. The highest BCUT2D eigenvalue weighted by Crippen LogP contribution is 2.34. The van der Waals surface area contributed by atoms with Crippen LogP contribution in [0, 0.1) is 0 Å². The molecule has 1 saturated heterocycles. The maximum absolute atomic E-state index is 5.57. The SMILES string of the molecule is CCNC(=NCC1(N2CCOCC2)CCCCC1)NCCCOCC.I. The third kappa shape index (κ3) is 7.86. The van der Waals surface area contributed by atoms with Crippen LogP contribution >= 0.6 is 24.0 Å². The van der Waals surface area contributed by atoms with Gasteiger partial charge in [0.1, 0.15) is 0 Å². The van der Waals surface area contributed by atoms with E-state index < -0.39 is 0 Å². The Kier molecular flexibility index (Phi) is 12.8. The molecule has 6 nitrogen and oxygen atoms in total. The molecule has 154 valence electrons. The fraction of sp³-hybridized carbons (Fsp3) is 0.947. The van der Waals surface area contributed by atoms with E-state index in [2.05, 4.69) is 22.5 Å². The van der Waals surface area contributed by atoms with Gasteiger partial charge in [-0.05, 0) is 33.1 Å². The highest BCUT2D eigenvalue weighted by molar-refractivity contribution is 14.0. The van der Waals surface area contributed by atoms with Gasteiger partial charge in [0.15, 0.2) is 5.96 Å². The first kappa shape index (κ1) is 23.9. The van der Waals surface area contributed by atoms with Gasteiger partial charge in [0.25, 0.3) is 0 Å². The number of aliphatic imine (C=N–C) groups is 1. The zero-order chi connectivity index (χ0) is 17.8. The maximum Gasteiger partial charge on any atom is 0.191 e. The number of morpholine rings is 1. The standard InChI is InChI=1S/C19H38N4O2.HI/c1-3-20-18(21-11-8-14-24-4-2)22-17-19(9-6-5-7-10-19)23-12-15-25-16-13-23;/h3-17H2,1-2H3,(H2,20,21,22);1H. The fourth-order valence-corrected chi connectivity index (χ4v) is 3.92. The summed E-state index contributed by atoms with van der Waals surface area (Å²) in [4.78, 5) is 7.62. The van der Waals surface area contributed by atoms with E-state index in [4.69, 9.17) is 14.5 Å². The molecule has 0 unspecified atom stereocenters. The summed E-state index contributed by atoms with van der Waals surface area (Å²) in [6, 6.07) is 0. The van der Waals surface area contributed by atoms with E-state index in [1.54, 1.807) is 0 Å². The van der Waals surface area contributed by atoms with Crippen molar-refractivity contribution in [3.8, 4) is 0 Å². The molecule has 0 atom stereocenters. The minimum absolute atomic E-state index is 0. The van der Waals surface area contributed by atoms with E-state index in [0.717, 1.165) is 71.5 Å². The van der Waals surface area contributed by atoms with Crippen molar-refractivity contribution in [3.63, 3.8) is 0 Å². The van der Waals surface area contributed by atoms with Gasteiger partial charge in [-0.15, -0.1) is 24.0 Å². The molecular formula is C19H39IN4O2. The largest absolute Gasteiger partial charge is 0.382 e. The molecule has 1 aliphatic carbocycles. The van der Waals surface area contributed by atoms with Crippen LogP contribution in [-0.2, 0) is 9.47 Å². The van der Waals surface area contributed by atoms with Gasteiger partial charge in [-0.25, -0.2) is 0 Å². The number of rotatable bonds is 9. The summed E-state index contributed by atoms with van der Waals surface area (Å²) >= 11 is 0. The van der Waals surface area contributed by atoms with Gasteiger partial charge in [0, 0.05) is 44.9 Å². The van der Waals surface area contributed by atoms with Crippen molar-refractivity contribution in [2.45, 2.75) is 57.9 Å². The monoisotopic (exact) mass is 482 g/mol. The number of guanidine groups is 1. The van der Waals surface area contributed by atoms with Crippen molar-refractivity contribution in [2.24, 2.45) is 4.99 Å². The second-order valence-electron chi connectivity index (χ2n) is 7.06. The quantitative estimate of drug-likeness (QED) is 0.229. The molecule has 0 bridgehead atoms. The topological polar surface area (TPSA) is 58.1 Å². The molecule has 26 heavy (non-hydrogen) atoms. The maximum atomic E-state index is 5.57. The molecule has 0 aromatic carbocycles. The number of hydrogen-bond acceptors (Lipinski definition) is 4. The lowest BCUT2D eigenvalue weighted by Gasteiger charge is -2.47. The molecule has 1 heterocycles. The van der Waals surface area contributed by atoms with E-state index in [-0.39, 0.29) is 29.5 Å². The third-order valence-corrected chi connectivity index (χ3v) is 5.30. The lowest BCUT2D eigenvalue weighted by molar-refractivity contribution is -0.0333. The molecular weight excluding hydrogens is 443 g/mol. The molecule has 0 amide bonds. The number of nitrogens with zero attached hydrogens (tertiary/aromatic N) is 2. The summed E-state index contributed by atoms with van der Waals surface area (Å²) in [6.07, 6.45) is 7.55. The Morgan fingerprint density at radius 2 is 1.85 bits per heavy atom. The molecule has 1 aliphatic heterocycles. The smallest absolute Gasteiger partial charge is 0.191 e. The van der Waals surface area contributed by atoms with Crippen molar-refractivity contribution < 1.29 is 9.47 Å². The molecule has 0 aromatic rings. The van der Waals surface area contributed by atoms with Crippen LogP contribution in [0.25, 0.3) is 0 Å². The van der Waals surface area contributed by atoms with E-state index in [1.165, 1.54) is 32.1 Å². The molecule has 2 N–H and O–H groups in total. The lowest BCUT2D eigenvalue weighted by Crippen LogP contribution is -2.56. The average molecular weight is 482 g/mol. The first-order valence-electron chi connectivity index (χ1n) is 10.2. The number of ether oxygens (including phenoxy) is 2. The molecule has 7 heteroatoms. The van der Waals surface area contributed by atoms with Crippen molar-refractivity contribution in [1.29, 1.82) is 0 Å². The van der Waals surface area contributed by atoms with Gasteiger partial charge in [0.2, 0.25) is 0 Å². The van der Waals surface area contributed by atoms with Crippen LogP contribution < -0.4 is 10.6 Å². The van der Waals surface area contributed by atoms with Crippen LogP contribution in [0.3, 0.4) is 0 Å². The summed E-state index contributed by atoms with van der Waals surface area (Å²) < 4.78 is 11.0. The van der Waals surface area contributed by atoms with Crippen LogP contribution in [0.2, 0.25) is 0 Å². The zero-order valence-electron chi connectivity index (χ0n) is 16.7. The van der Waals surface area contributed by atoms with Gasteiger partial charge < -0.3 is 20.1 Å². The minimum atomic E-state index is 0. The Bertz CT molecular complexity index is 384. The normalized spacial score (nSPS) is 21.1. The van der Waals surface area contributed by atoms with Crippen LogP contribution in [0.4, 0.5) is 0 Å². The van der Waals surface area contributed by atoms with Crippen molar-refractivity contribution in [1.82, 2.24) is 15.5 Å². The third-order valence-electron chi connectivity index (χ3n) is 5.30. The molecule has 2 fully saturated rings. The Morgan fingerprint density at radius 1 is 1.12 bits per heavy atom. The summed E-state index contributed by atoms with van der Waals surface area (Å²) in [5, 5.41) is 6.84. The first-order chi connectivity index (χ1) is 12.3. The van der Waals surface area contributed by atoms with E-state index in [0.29, 0.717) is 0 Å². The molecule has 2 aliphatic rings. The summed E-state index contributed by atoms with van der Waals surface area (Å²) in [7, 11) is 0. The van der Waals surface area contributed by atoms with Crippen molar-refractivity contribution >= 4 is 29.9 Å². The van der Waals surface area contributed by atoms with Gasteiger partial charge in [-0.3, -0.25) is 9.89 Å². The average Bonchev–Trinajstić information content (AvgIpc) is 2.67. The van der Waals surface area contributed by atoms with E-state index in [1.807, 2.05) is 6.92 Å². The Morgan fingerprint density at radius 3 is 2.50 bits per heavy atom. The first-order valence-corrected chi connectivity index (χ1v) is 10.2. The Balaban J connectivity index is 0.00000338. The van der Waals surface area contributed by atoms with Gasteiger partial charge in [-0.2, -0.15) is 0 Å². The predicted molar refractivity (Wildman–Crippen MR) is 119 cm³/mol. The summed E-state index contributed by atoms with van der Waals surface area (Å²) in [6.45, 7) is 12.2. The number of nitrogens with one attached hydrogen (secondary N) is 2. The summed E-state index contributed by atoms with van der Waals surface area (Å²) in [5.74, 6) is 0.942. The van der Waals surface area contributed by atoms with Gasteiger partial charge in [-0.1, -0.05) is 19.3 Å². The van der Waals surface area contributed by atoms with Crippen LogP contribution in [0.5, 0.6) is 0 Å². The second kappa shape index (κ2) is 14.0. The van der Waals surface area contributed by atoms with Crippen LogP contribution in [-0.4, -0.2) is 75.5 Å². The van der Waals surface area contributed by atoms with Crippen LogP contribution in [0.15, 0.2) is 4.99 Å². The molecule has 0 spiro atoms. The fourth-order valence-electron chi connectivity index (χ4n) is 3.92. The number of halogens is 1. The highest BCUT2D eigenvalue weighted by atomic mass is 127. The number of hydrogen-bond donors (Lipinski definition) is 2. The summed E-state index contributed by atoms with van der Waals surface area (Å²) in [5.41, 5.74) is 0.232. The van der Waals surface area contributed by atoms with Crippen molar-refractivity contribution in [2.75, 3.05) is 59.2 Å². The van der Waals surface area contributed by atoms with Gasteiger partial charge >= 0.3 is 0 Å². The van der Waals surface area contributed by atoms with E-state index >= 15 is 0 Å². The minimum Gasteiger partial charge on any atom is -0.382 e. The Hall–Kier alpha value is -0.120. The van der Waals surface area contributed by atoms with Crippen molar-refractivity contribution in [3.05, 3.63) is 0 Å². The predicted octanol–water partition coefficient (Wildman–Crippen LogP) is 2.62. The molecule has 0 radical (unpaired) electrons. The van der Waals surface area contributed by atoms with E-state index in [9.17, 15) is 0 Å². The zero-order valence-corrected chi connectivity index (χ0v) is 19.1. The molecule has 1 saturated carbocycles. The molecule has 0 aromatic heterocycles. The Labute approximate surface area is 176 Å².